The van der Waals surface area contributed by atoms with Crippen molar-refractivity contribution in [1.82, 2.24) is 0 Å². The van der Waals surface area contributed by atoms with Crippen LogP contribution in [0.3, 0.4) is 0 Å². The molecule has 0 radical (unpaired) electrons. The third-order valence-corrected chi connectivity index (χ3v) is 2.27. The highest BCUT2D eigenvalue weighted by Gasteiger charge is 2.00. The molecule has 0 saturated heterocycles. The Morgan fingerprint density at radius 1 is 1.24 bits per heavy atom. The lowest BCUT2D eigenvalue weighted by atomic mass is 10.0. The first-order valence-corrected chi connectivity index (χ1v) is 5.91. The van der Waals surface area contributed by atoms with Crippen molar-refractivity contribution in [2.24, 2.45) is 0 Å². The minimum absolute atomic E-state index is 0.247. The predicted molar refractivity (Wildman–Crippen MR) is 72.4 cm³/mol. The summed E-state index contributed by atoms with van der Waals surface area (Å²) in [6, 6.07) is 6.22. The molecule has 0 spiro atoms. The molecule has 0 aliphatic heterocycles. The molecule has 1 aromatic carbocycles. The first kappa shape index (κ1) is 15.4. The van der Waals surface area contributed by atoms with Crippen LogP contribution in [0, 0.1) is 5.82 Å². The smallest absolute Gasteiger partial charge is 0.123 e. The molecule has 17 heavy (non-hydrogen) atoms. The van der Waals surface area contributed by atoms with Crippen molar-refractivity contribution in [3.63, 3.8) is 0 Å². The Bertz CT molecular complexity index is 363. The van der Waals surface area contributed by atoms with Crippen LogP contribution in [0.2, 0.25) is 0 Å². The molecule has 94 valence electrons. The van der Waals surface area contributed by atoms with Crippen molar-refractivity contribution >= 4 is 5.57 Å². The number of halogens is 1. The Morgan fingerprint density at radius 2 is 1.76 bits per heavy atom. The zero-order chi connectivity index (χ0) is 13.3. The van der Waals surface area contributed by atoms with Crippen LogP contribution in [0.1, 0.15) is 39.2 Å². The van der Waals surface area contributed by atoms with Gasteiger partial charge in [0.2, 0.25) is 0 Å². The Morgan fingerprint density at radius 3 is 2.24 bits per heavy atom. The van der Waals surface area contributed by atoms with Crippen LogP contribution in [0.25, 0.3) is 5.57 Å². The maximum Gasteiger partial charge on any atom is 0.123 e. The lowest BCUT2D eigenvalue weighted by Crippen LogP contribution is -1.86. The van der Waals surface area contributed by atoms with E-state index in [2.05, 4.69) is 6.58 Å². The normalized spacial score (nSPS) is 10.5. The topological polar surface area (TPSA) is 20.2 Å². The fourth-order valence-corrected chi connectivity index (χ4v) is 1.25. The number of benzene rings is 1. The van der Waals surface area contributed by atoms with Gasteiger partial charge in [-0.25, -0.2) is 4.39 Å². The molecule has 1 N–H and O–H groups in total. The zero-order valence-electron chi connectivity index (χ0n) is 10.8. The van der Waals surface area contributed by atoms with E-state index in [4.69, 9.17) is 0 Å². The third-order valence-electron chi connectivity index (χ3n) is 2.27. The van der Waals surface area contributed by atoms with Gasteiger partial charge in [-0.1, -0.05) is 32.6 Å². The number of aliphatic hydroxyl groups is 1. The molecule has 0 fully saturated rings. The number of hydrogen-bond donors (Lipinski definition) is 1. The summed E-state index contributed by atoms with van der Waals surface area (Å²) in [5, 5.41) is 9.26. The highest BCUT2D eigenvalue weighted by Crippen LogP contribution is 2.19. The van der Waals surface area contributed by atoms with Gasteiger partial charge in [0.15, 0.2) is 0 Å². The van der Waals surface area contributed by atoms with Gasteiger partial charge >= 0.3 is 0 Å². The van der Waals surface area contributed by atoms with Gasteiger partial charge in [-0.05, 0) is 42.7 Å². The molecule has 0 amide bonds. The van der Waals surface area contributed by atoms with Crippen molar-refractivity contribution in [3.8, 4) is 0 Å². The lowest BCUT2D eigenvalue weighted by molar-refractivity contribution is 0.389. The van der Waals surface area contributed by atoms with Crippen molar-refractivity contribution in [2.75, 3.05) is 0 Å². The summed E-state index contributed by atoms with van der Waals surface area (Å²) in [5.41, 5.74) is 1.82. The molecule has 0 heterocycles. The average Bonchev–Trinajstić information content (AvgIpc) is 2.38. The minimum Gasteiger partial charge on any atom is -0.513 e. The number of hydrogen-bond acceptors (Lipinski definition) is 1. The van der Waals surface area contributed by atoms with Gasteiger partial charge < -0.3 is 5.11 Å². The molecule has 0 aliphatic rings. The fourth-order valence-electron chi connectivity index (χ4n) is 1.25. The van der Waals surface area contributed by atoms with E-state index in [0.717, 1.165) is 11.1 Å². The molecule has 0 aliphatic carbocycles. The van der Waals surface area contributed by atoms with E-state index in [1.165, 1.54) is 12.1 Å². The van der Waals surface area contributed by atoms with E-state index < -0.39 is 0 Å². The standard InChI is InChI=1S/C13H15FO.C2H6/c1-3-13(15)9-4-10(2)11-5-7-12(14)8-6-11;1-2/h3,5-8,15H,2,4,9H2,1H3;1-2H3/b13-3-;. The molecular weight excluding hydrogens is 215 g/mol. The van der Waals surface area contributed by atoms with E-state index in [1.54, 1.807) is 25.1 Å². The Balaban J connectivity index is 0.00000121. The Kier molecular flexibility index (Phi) is 7.78. The van der Waals surface area contributed by atoms with Gasteiger partial charge in [0.1, 0.15) is 5.82 Å². The van der Waals surface area contributed by atoms with E-state index in [9.17, 15) is 9.50 Å². The maximum absolute atomic E-state index is 12.6. The molecule has 0 aromatic heterocycles. The van der Waals surface area contributed by atoms with Crippen LogP contribution in [0.5, 0.6) is 0 Å². The van der Waals surface area contributed by atoms with Gasteiger partial charge in [0, 0.05) is 6.42 Å². The molecule has 0 unspecified atom stereocenters. The van der Waals surface area contributed by atoms with Crippen molar-refractivity contribution < 1.29 is 9.50 Å². The van der Waals surface area contributed by atoms with Crippen LogP contribution in [-0.4, -0.2) is 5.11 Å². The highest BCUT2D eigenvalue weighted by atomic mass is 19.1. The molecule has 1 nitrogen and oxygen atoms in total. The fraction of sp³-hybridized carbons (Fsp3) is 0.333. The van der Waals surface area contributed by atoms with Crippen LogP contribution >= 0.6 is 0 Å². The SMILES string of the molecule is C=C(CC/C(O)=C/C)c1ccc(F)cc1.CC. The molecule has 0 atom stereocenters. The van der Waals surface area contributed by atoms with Crippen molar-refractivity contribution in [3.05, 3.63) is 54.1 Å². The Hall–Kier alpha value is -1.57. The number of allylic oxidation sites excluding steroid dienone is 3. The Labute approximate surface area is 103 Å². The van der Waals surface area contributed by atoms with Gasteiger partial charge in [-0.3, -0.25) is 0 Å². The number of aliphatic hydroxyl groups excluding tert-OH is 1. The van der Waals surface area contributed by atoms with Gasteiger partial charge in [0.25, 0.3) is 0 Å². The van der Waals surface area contributed by atoms with E-state index in [-0.39, 0.29) is 5.82 Å². The van der Waals surface area contributed by atoms with Crippen LogP contribution < -0.4 is 0 Å². The molecule has 2 heteroatoms. The molecular formula is C15H21FO. The summed E-state index contributed by atoms with van der Waals surface area (Å²) < 4.78 is 12.6. The highest BCUT2D eigenvalue weighted by molar-refractivity contribution is 5.63. The van der Waals surface area contributed by atoms with E-state index in [0.29, 0.717) is 18.6 Å². The minimum atomic E-state index is -0.247. The monoisotopic (exact) mass is 236 g/mol. The van der Waals surface area contributed by atoms with Crippen molar-refractivity contribution in [2.45, 2.75) is 33.6 Å². The summed E-state index contributed by atoms with van der Waals surface area (Å²) in [6.07, 6.45) is 2.92. The van der Waals surface area contributed by atoms with Gasteiger partial charge in [-0.15, -0.1) is 0 Å². The lowest BCUT2D eigenvalue weighted by Gasteiger charge is -2.05. The molecule has 0 bridgehead atoms. The second-order valence-corrected chi connectivity index (χ2v) is 3.39. The number of rotatable bonds is 4. The molecule has 0 saturated carbocycles. The van der Waals surface area contributed by atoms with Gasteiger partial charge in [-0.2, -0.15) is 0 Å². The van der Waals surface area contributed by atoms with Crippen LogP contribution in [0.4, 0.5) is 4.39 Å². The summed E-state index contributed by atoms with van der Waals surface area (Å²) >= 11 is 0. The van der Waals surface area contributed by atoms with Crippen LogP contribution in [0.15, 0.2) is 42.7 Å². The predicted octanol–water partition coefficient (Wildman–Crippen LogP) is 5.11. The largest absolute Gasteiger partial charge is 0.513 e. The molecule has 1 aromatic rings. The summed E-state index contributed by atoms with van der Waals surface area (Å²) in [7, 11) is 0. The average molecular weight is 236 g/mol. The summed E-state index contributed by atoms with van der Waals surface area (Å²) in [6.45, 7) is 9.69. The van der Waals surface area contributed by atoms with Crippen molar-refractivity contribution in [1.29, 1.82) is 0 Å². The van der Waals surface area contributed by atoms with E-state index >= 15 is 0 Å². The molecule has 1 rings (SSSR count). The summed E-state index contributed by atoms with van der Waals surface area (Å²) in [5.74, 6) is 0.112. The maximum atomic E-state index is 12.6. The zero-order valence-corrected chi connectivity index (χ0v) is 10.8. The second kappa shape index (κ2) is 8.57. The van der Waals surface area contributed by atoms with Gasteiger partial charge in [0.05, 0.1) is 5.76 Å². The third kappa shape index (κ3) is 5.91. The quantitative estimate of drug-likeness (QED) is 0.720. The van der Waals surface area contributed by atoms with Crippen LogP contribution in [-0.2, 0) is 0 Å². The first-order valence-electron chi connectivity index (χ1n) is 5.91. The second-order valence-electron chi connectivity index (χ2n) is 3.39. The first-order chi connectivity index (χ1) is 8.13. The summed E-state index contributed by atoms with van der Waals surface area (Å²) in [4.78, 5) is 0. The van der Waals surface area contributed by atoms with E-state index in [1.807, 2.05) is 13.8 Å².